The maximum atomic E-state index is 10.4. The van der Waals surface area contributed by atoms with E-state index in [2.05, 4.69) is 32.7 Å². The fraction of sp³-hybridized carbons (Fsp3) is 0.923. The van der Waals surface area contributed by atoms with Crippen LogP contribution in [0, 0.1) is 11.8 Å². The lowest BCUT2D eigenvalue weighted by Crippen LogP contribution is -2.43. The first kappa shape index (κ1) is 14.6. The van der Waals surface area contributed by atoms with Crippen LogP contribution in [-0.2, 0) is 0 Å². The van der Waals surface area contributed by atoms with Crippen molar-refractivity contribution in [3.05, 3.63) is 0 Å². The van der Waals surface area contributed by atoms with Crippen molar-refractivity contribution in [2.45, 2.75) is 66.5 Å². The van der Waals surface area contributed by atoms with Crippen molar-refractivity contribution in [1.82, 2.24) is 0 Å². The van der Waals surface area contributed by atoms with E-state index in [9.17, 15) is 5.11 Å². The largest absolute Gasteiger partial charge is 0.384 e. The first-order valence-electron chi connectivity index (χ1n) is 6.03. The lowest BCUT2D eigenvalue weighted by atomic mass is 9.82. The Kier molecular flexibility index (Phi) is 5.50. The molecule has 2 heteroatoms. The summed E-state index contributed by atoms with van der Waals surface area (Å²) in [6, 6.07) is 0.299. The number of hydrogen-bond donors (Lipinski definition) is 1. The SMILES string of the molecule is CCC(C)/N=C(\C(C)C)C(C)(O)C(C)C. The first-order valence-corrected chi connectivity index (χ1v) is 6.03. The summed E-state index contributed by atoms with van der Waals surface area (Å²) in [5, 5.41) is 10.4. The Labute approximate surface area is 94.8 Å². The molecule has 0 aromatic carbocycles. The van der Waals surface area contributed by atoms with Gasteiger partial charge in [-0.05, 0) is 32.1 Å². The summed E-state index contributed by atoms with van der Waals surface area (Å²) < 4.78 is 0. The van der Waals surface area contributed by atoms with Crippen molar-refractivity contribution < 1.29 is 5.11 Å². The van der Waals surface area contributed by atoms with E-state index in [1.165, 1.54) is 0 Å². The number of nitrogens with zero attached hydrogens (tertiary/aromatic N) is 1. The van der Waals surface area contributed by atoms with Crippen molar-refractivity contribution >= 4 is 5.71 Å². The third kappa shape index (κ3) is 3.94. The maximum Gasteiger partial charge on any atom is 0.102 e. The molecule has 0 bridgehead atoms. The molecule has 0 amide bonds. The van der Waals surface area contributed by atoms with E-state index < -0.39 is 5.60 Å². The van der Waals surface area contributed by atoms with E-state index in [4.69, 9.17) is 0 Å². The van der Waals surface area contributed by atoms with Gasteiger partial charge in [-0.1, -0.05) is 34.6 Å². The maximum absolute atomic E-state index is 10.4. The van der Waals surface area contributed by atoms with Crippen LogP contribution in [0.1, 0.15) is 54.9 Å². The summed E-state index contributed by atoms with van der Waals surface area (Å²) in [5.41, 5.74) is 0.157. The molecule has 0 aliphatic rings. The minimum absolute atomic E-state index is 0.197. The summed E-state index contributed by atoms with van der Waals surface area (Å²) >= 11 is 0. The smallest absolute Gasteiger partial charge is 0.102 e. The fourth-order valence-electron chi connectivity index (χ4n) is 1.49. The lowest BCUT2D eigenvalue weighted by molar-refractivity contribution is 0.0779. The zero-order valence-corrected chi connectivity index (χ0v) is 11.3. The third-order valence-corrected chi connectivity index (χ3v) is 3.14. The quantitative estimate of drug-likeness (QED) is 0.698. The molecule has 90 valence electrons. The van der Waals surface area contributed by atoms with E-state index >= 15 is 0 Å². The Hall–Kier alpha value is -0.370. The van der Waals surface area contributed by atoms with Gasteiger partial charge in [-0.2, -0.15) is 0 Å². The van der Waals surface area contributed by atoms with Crippen molar-refractivity contribution in [3.63, 3.8) is 0 Å². The normalized spacial score (nSPS) is 19.5. The average molecular weight is 213 g/mol. The summed E-state index contributed by atoms with van der Waals surface area (Å²) in [7, 11) is 0. The lowest BCUT2D eigenvalue weighted by Gasteiger charge is -2.32. The van der Waals surface area contributed by atoms with Gasteiger partial charge in [-0.3, -0.25) is 4.99 Å². The minimum atomic E-state index is -0.780. The van der Waals surface area contributed by atoms with Gasteiger partial charge in [0.15, 0.2) is 0 Å². The topological polar surface area (TPSA) is 32.6 Å². The van der Waals surface area contributed by atoms with E-state index in [0.717, 1.165) is 12.1 Å². The number of aliphatic hydroxyl groups is 1. The molecule has 0 radical (unpaired) electrons. The van der Waals surface area contributed by atoms with Gasteiger partial charge in [0.05, 0.1) is 0 Å². The van der Waals surface area contributed by atoms with Gasteiger partial charge in [0, 0.05) is 11.8 Å². The van der Waals surface area contributed by atoms with Gasteiger partial charge in [0.2, 0.25) is 0 Å². The Bertz CT molecular complexity index is 217. The number of hydrogen-bond acceptors (Lipinski definition) is 2. The summed E-state index contributed by atoms with van der Waals surface area (Å²) in [6.45, 7) is 14.4. The molecule has 2 nitrogen and oxygen atoms in total. The third-order valence-electron chi connectivity index (χ3n) is 3.14. The molecule has 0 aromatic rings. The second-order valence-corrected chi connectivity index (χ2v) is 5.23. The summed E-state index contributed by atoms with van der Waals surface area (Å²) in [5.74, 6) is 0.499. The van der Waals surface area contributed by atoms with Crippen LogP contribution < -0.4 is 0 Å². The van der Waals surface area contributed by atoms with Gasteiger partial charge in [-0.25, -0.2) is 0 Å². The summed E-state index contributed by atoms with van der Waals surface area (Å²) in [4.78, 5) is 4.65. The molecular weight excluding hydrogens is 186 g/mol. The Balaban J connectivity index is 5.06. The van der Waals surface area contributed by atoms with Gasteiger partial charge >= 0.3 is 0 Å². The number of rotatable bonds is 5. The number of aliphatic imine (C=N–C) groups is 1. The van der Waals surface area contributed by atoms with Crippen molar-refractivity contribution in [1.29, 1.82) is 0 Å². The van der Waals surface area contributed by atoms with Gasteiger partial charge in [-0.15, -0.1) is 0 Å². The molecule has 0 rings (SSSR count). The molecule has 1 N–H and O–H groups in total. The highest BCUT2D eigenvalue weighted by Crippen LogP contribution is 2.23. The molecule has 15 heavy (non-hydrogen) atoms. The van der Waals surface area contributed by atoms with Crippen molar-refractivity contribution in [3.8, 4) is 0 Å². The van der Waals surface area contributed by atoms with Crippen LogP contribution in [0.2, 0.25) is 0 Å². The average Bonchev–Trinajstić information content (AvgIpc) is 2.12. The zero-order valence-electron chi connectivity index (χ0n) is 11.3. The van der Waals surface area contributed by atoms with Crippen LogP contribution in [0.15, 0.2) is 4.99 Å². The predicted molar refractivity (Wildman–Crippen MR) is 67.5 cm³/mol. The van der Waals surface area contributed by atoms with Gasteiger partial charge in [0.25, 0.3) is 0 Å². The molecule has 0 aromatic heterocycles. The second-order valence-electron chi connectivity index (χ2n) is 5.23. The van der Waals surface area contributed by atoms with Gasteiger partial charge in [0.1, 0.15) is 5.60 Å². The van der Waals surface area contributed by atoms with Crippen molar-refractivity contribution in [2.24, 2.45) is 16.8 Å². The van der Waals surface area contributed by atoms with E-state index in [1.54, 1.807) is 0 Å². The van der Waals surface area contributed by atoms with Crippen LogP contribution >= 0.6 is 0 Å². The molecule has 0 fully saturated rings. The fourth-order valence-corrected chi connectivity index (χ4v) is 1.49. The Morgan fingerprint density at radius 2 is 1.67 bits per heavy atom. The standard InChI is InChI=1S/C13H27NO/c1-8-11(6)14-12(9(2)3)13(7,15)10(4)5/h9-11,15H,8H2,1-7H3/b14-12+. The van der Waals surface area contributed by atoms with Crippen LogP contribution in [-0.4, -0.2) is 22.5 Å². The predicted octanol–water partition coefficient (Wildman–Crippen LogP) is 3.29. The monoisotopic (exact) mass is 213 g/mol. The summed E-state index contributed by atoms with van der Waals surface area (Å²) in [6.07, 6.45) is 1.02. The molecule has 2 atom stereocenters. The van der Waals surface area contributed by atoms with E-state index in [-0.39, 0.29) is 5.92 Å². The highest BCUT2D eigenvalue weighted by atomic mass is 16.3. The van der Waals surface area contributed by atoms with Crippen LogP contribution in [0.4, 0.5) is 0 Å². The molecule has 0 aliphatic carbocycles. The molecule has 0 aliphatic heterocycles. The van der Waals surface area contributed by atoms with Crippen molar-refractivity contribution in [2.75, 3.05) is 0 Å². The molecule has 0 saturated heterocycles. The molecule has 0 spiro atoms. The molecule has 2 unspecified atom stereocenters. The first-order chi connectivity index (χ1) is 6.73. The molecule has 0 saturated carbocycles. The highest BCUT2D eigenvalue weighted by Gasteiger charge is 2.33. The Morgan fingerprint density at radius 3 is 1.93 bits per heavy atom. The highest BCUT2D eigenvalue weighted by molar-refractivity contribution is 5.93. The molecule has 0 heterocycles. The Morgan fingerprint density at radius 1 is 1.20 bits per heavy atom. The van der Waals surface area contributed by atoms with Gasteiger partial charge < -0.3 is 5.11 Å². The minimum Gasteiger partial charge on any atom is -0.384 e. The zero-order chi connectivity index (χ0) is 12.2. The van der Waals surface area contributed by atoms with E-state index in [1.807, 2.05) is 20.8 Å². The van der Waals surface area contributed by atoms with Crippen LogP contribution in [0.3, 0.4) is 0 Å². The van der Waals surface area contributed by atoms with Crippen LogP contribution in [0.5, 0.6) is 0 Å². The second kappa shape index (κ2) is 5.64. The molecular formula is C13H27NO. The van der Waals surface area contributed by atoms with Crippen LogP contribution in [0.25, 0.3) is 0 Å². The van der Waals surface area contributed by atoms with E-state index in [0.29, 0.717) is 12.0 Å².